The summed E-state index contributed by atoms with van der Waals surface area (Å²) in [6.45, 7) is 0.505. The molecule has 0 aliphatic carbocycles. The minimum atomic E-state index is -0.793. The van der Waals surface area contributed by atoms with Crippen LogP contribution in [0.5, 0.6) is 5.75 Å². The van der Waals surface area contributed by atoms with E-state index in [4.69, 9.17) is 5.11 Å². The first-order chi connectivity index (χ1) is 9.00. The fraction of sp³-hybridized carbons (Fsp3) is 0.385. The number of benzene rings is 1. The van der Waals surface area contributed by atoms with Crippen LogP contribution in [0.1, 0.15) is 36.0 Å². The largest absolute Gasteiger partial charge is 0.507 e. The highest BCUT2D eigenvalue weighted by Crippen LogP contribution is 2.20. The third kappa shape index (κ3) is 5.91. The van der Waals surface area contributed by atoms with Gasteiger partial charge in [0.2, 0.25) is 0 Å². The van der Waals surface area contributed by atoms with Crippen LogP contribution >= 0.6 is 22.6 Å². The minimum absolute atomic E-state index is 0.0923. The number of carbonyl (C=O) groups excluding carboxylic acids is 1. The molecule has 0 spiro atoms. The Morgan fingerprint density at radius 3 is 2.58 bits per heavy atom. The maximum absolute atomic E-state index is 11.7. The van der Waals surface area contributed by atoms with Crippen molar-refractivity contribution in [3.8, 4) is 5.75 Å². The van der Waals surface area contributed by atoms with Gasteiger partial charge in [-0.15, -0.1) is 0 Å². The smallest absolute Gasteiger partial charge is 0.303 e. The summed E-state index contributed by atoms with van der Waals surface area (Å²) in [6.07, 6.45) is 2.30. The van der Waals surface area contributed by atoms with Gasteiger partial charge in [0.25, 0.3) is 5.91 Å². The molecule has 1 aromatic carbocycles. The van der Waals surface area contributed by atoms with Gasteiger partial charge < -0.3 is 15.5 Å². The molecule has 0 atom stereocenters. The van der Waals surface area contributed by atoms with Gasteiger partial charge >= 0.3 is 5.97 Å². The second-order valence-electron chi connectivity index (χ2n) is 4.13. The predicted octanol–water partition coefficient (Wildman–Crippen LogP) is 2.37. The number of hydrogen-bond acceptors (Lipinski definition) is 3. The van der Waals surface area contributed by atoms with E-state index in [0.29, 0.717) is 22.1 Å². The lowest BCUT2D eigenvalue weighted by molar-refractivity contribution is -0.137. The number of hydrogen-bond donors (Lipinski definition) is 3. The highest BCUT2D eigenvalue weighted by Gasteiger charge is 2.07. The summed E-state index contributed by atoms with van der Waals surface area (Å²) in [6, 6.07) is 4.76. The Bertz CT molecular complexity index is 462. The molecule has 1 amide bonds. The first-order valence-corrected chi connectivity index (χ1v) is 7.07. The fourth-order valence-corrected chi connectivity index (χ4v) is 1.87. The van der Waals surface area contributed by atoms with Gasteiger partial charge in [-0.2, -0.15) is 0 Å². The summed E-state index contributed by atoms with van der Waals surface area (Å²) in [5.41, 5.74) is 0.420. The lowest BCUT2D eigenvalue weighted by atomic mass is 10.2. The topological polar surface area (TPSA) is 86.6 Å². The number of rotatable bonds is 7. The SMILES string of the molecule is O=C(O)CCCCCNC(=O)c1ccc(I)c(O)c1. The molecular formula is C13H16INO4. The minimum Gasteiger partial charge on any atom is -0.507 e. The van der Waals surface area contributed by atoms with Crippen molar-refractivity contribution < 1.29 is 19.8 Å². The summed E-state index contributed by atoms with van der Waals surface area (Å²) < 4.78 is 0.697. The molecule has 0 bridgehead atoms. The van der Waals surface area contributed by atoms with Gasteiger partial charge in [-0.25, -0.2) is 0 Å². The van der Waals surface area contributed by atoms with E-state index >= 15 is 0 Å². The van der Waals surface area contributed by atoms with Crippen LogP contribution in [0.3, 0.4) is 0 Å². The first kappa shape index (κ1) is 15.7. The van der Waals surface area contributed by atoms with Crippen molar-refractivity contribution in [1.82, 2.24) is 5.32 Å². The van der Waals surface area contributed by atoms with Crippen molar-refractivity contribution in [1.29, 1.82) is 0 Å². The maximum atomic E-state index is 11.7. The molecule has 3 N–H and O–H groups in total. The van der Waals surface area contributed by atoms with E-state index in [0.717, 1.165) is 12.8 Å². The monoisotopic (exact) mass is 377 g/mol. The van der Waals surface area contributed by atoms with Gasteiger partial charge in [0.15, 0.2) is 0 Å². The normalized spacial score (nSPS) is 10.2. The van der Waals surface area contributed by atoms with E-state index in [1.54, 1.807) is 12.1 Å². The Morgan fingerprint density at radius 1 is 1.21 bits per heavy atom. The van der Waals surface area contributed by atoms with Crippen LogP contribution in [-0.4, -0.2) is 28.6 Å². The Hall–Kier alpha value is -1.31. The molecule has 0 unspecified atom stereocenters. The van der Waals surface area contributed by atoms with Crippen LogP contribution in [0, 0.1) is 3.57 Å². The number of nitrogens with one attached hydrogen (secondary N) is 1. The van der Waals surface area contributed by atoms with Crippen LogP contribution in [0.15, 0.2) is 18.2 Å². The molecule has 0 aliphatic rings. The number of carboxylic acids is 1. The van der Waals surface area contributed by atoms with Gasteiger partial charge in [-0.1, -0.05) is 6.42 Å². The Kier molecular flexibility index (Phi) is 6.61. The van der Waals surface area contributed by atoms with Gasteiger partial charge in [0, 0.05) is 18.5 Å². The third-order valence-electron chi connectivity index (χ3n) is 2.56. The van der Waals surface area contributed by atoms with E-state index < -0.39 is 5.97 Å². The second kappa shape index (κ2) is 7.98. The molecule has 1 aromatic rings. The molecule has 0 aromatic heterocycles. The molecule has 0 aliphatic heterocycles. The van der Waals surface area contributed by atoms with Crippen molar-refractivity contribution in [3.05, 3.63) is 27.3 Å². The number of unbranched alkanes of at least 4 members (excludes halogenated alkanes) is 2. The highest BCUT2D eigenvalue weighted by atomic mass is 127. The number of carboxylic acid groups (broad SMARTS) is 1. The standard InChI is InChI=1S/C13H16INO4/c14-10-6-5-9(8-11(10)16)13(19)15-7-3-1-2-4-12(17)18/h5-6,8,16H,1-4,7H2,(H,15,19)(H,17,18). The number of aliphatic carboxylic acids is 1. The summed E-state index contributed by atoms with van der Waals surface area (Å²) in [5, 5.41) is 20.7. The lowest BCUT2D eigenvalue weighted by Gasteiger charge is -2.06. The summed E-state index contributed by atoms with van der Waals surface area (Å²) in [5.74, 6) is -0.932. The van der Waals surface area contributed by atoms with E-state index in [9.17, 15) is 14.7 Å². The van der Waals surface area contributed by atoms with Crippen molar-refractivity contribution in [2.75, 3.05) is 6.54 Å². The molecule has 0 saturated heterocycles. The number of phenols is 1. The Balaban J connectivity index is 2.27. The van der Waals surface area contributed by atoms with E-state index in [2.05, 4.69) is 5.32 Å². The molecule has 5 nitrogen and oxygen atoms in total. The molecular weight excluding hydrogens is 361 g/mol. The quantitative estimate of drug-likeness (QED) is 0.503. The van der Waals surface area contributed by atoms with Crippen molar-refractivity contribution in [2.45, 2.75) is 25.7 Å². The molecule has 0 heterocycles. The summed E-state index contributed by atoms with van der Waals surface area (Å²) in [7, 11) is 0. The van der Waals surface area contributed by atoms with E-state index in [-0.39, 0.29) is 18.1 Å². The van der Waals surface area contributed by atoms with Gasteiger partial charge in [-0.05, 0) is 53.6 Å². The number of carbonyl (C=O) groups is 2. The number of amides is 1. The zero-order chi connectivity index (χ0) is 14.3. The zero-order valence-corrected chi connectivity index (χ0v) is 12.5. The molecule has 0 fully saturated rings. The van der Waals surface area contributed by atoms with Crippen LogP contribution in [-0.2, 0) is 4.79 Å². The lowest BCUT2D eigenvalue weighted by Crippen LogP contribution is -2.24. The van der Waals surface area contributed by atoms with Crippen LogP contribution in [0.4, 0.5) is 0 Å². The third-order valence-corrected chi connectivity index (χ3v) is 3.47. The number of aromatic hydroxyl groups is 1. The zero-order valence-electron chi connectivity index (χ0n) is 10.4. The predicted molar refractivity (Wildman–Crippen MR) is 79.3 cm³/mol. The van der Waals surface area contributed by atoms with Crippen LogP contribution in [0.25, 0.3) is 0 Å². The van der Waals surface area contributed by atoms with Crippen molar-refractivity contribution >= 4 is 34.5 Å². The van der Waals surface area contributed by atoms with E-state index in [1.165, 1.54) is 6.07 Å². The molecule has 1 rings (SSSR count). The molecule has 6 heteroatoms. The van der Waals surface area contributed by atoms with Gasteiger partial charge in [-0.3, -0.25) is 9.59 Å². The Labute approximate surface area is 125 Å². The second-order valence-corrected chi connectivity index (χ2v) is 5.29. The van der Waals surface area contributed by atoms with Crippen LogP contribution in [0.2, 0.25) is 0 Å². The van der Waals surface area contributed by atoms with Gasteiger partial charge in [0.1, 0.15) is 5.75 Å². The fourth-order valence-electron chi connectivity index (χ4n) is 1.54. The molecule has 0 saturated carbocycles. The molecule has 19 heavy (non-hydrogen) atoms. The highest BCUT2D eigenvalue weighted by molar-refractivity contribution is 14.1. The maximum Gasteiger partial charge on any atom is 0.303 e. The van der Waals surface area contributed by atoms with Crippen molar-refractivity contribution in [3.63, 3.8) is 0 Å². The van der Waals surface area contributed by atoms with E-state index in [1.807, 2.05) is 22.6 Å². The molecule has 104 valence electrons. The average Bonchev–Trinajstić information content (AvgIpc) is 2.36. The number of halogens is 1. The molecule has 0 radical (unpaired) electrons. The first-order valence-electron chi connectivity index (χ1n) is 5.99. The number of phenolic OH excluding ortho intramolecular Hbond substituents is 1. The Morgan fingerprint density at radius 2 is 1.95 bits per heavy atom. The average molecular weight is 377 g/mol. The van der Waals surface area contributed by atoms with Crippen molar-refractivity contribution in [2.24, 2.45) is 0 Å². The van der Waals surface area contributed by atoms with Crippen LogP contribution < -0.4 is 5.32 Å². The summed E-state index contributed by atoms with van der Waals surface area (Å²) >= 11 is 1.98. The van der Waals surface area contributed by atoms with Gasteiger partial charge in [0.05, 0.1) is 3.57 Å². The summed E-state index contributed by atoms with van der Waals surface area (Å²) in [4.78, 5) is 22.0.